The van der Waals surface area contributed by atoms with Gasteiger partial charge in [0.2, 0.25) is 15.8 Å². The lowest BCUT2D eigenvalue weighted by atomic mass is 10.2. The number of thiazole rings is 1. The SMILES string of the molecule is CNCc1nc(-c2cccnc2F)c(S(=O)(=O)c2cccc(Cl)c2)s1.Cl. The number of halogens is 3. The Kier molecular flexibility index (Phi) is 6.70. The van der Waals surface area contributed by atoms with Crippen LogP contribution in [0.4, 0.5) is 4.39 Å². The van der Waals surface area contributed by atoms with Crippen molar-refractivity contribution in [3.63, 3.8) is 0 Å². The molecule has 0 spiro atoms. The molecule has 2 aromatic heterocycles. The zero-order valence-electron chi connectivity index (χ0n) is 13.4. The predicted molar refractivity (Wildman–Crippen MR) is 102 cm³/mol. The molecule has 0 bridgehead atoms. The van der Waals surface area contributed by atoms with Gasteiger partial charge in [0.15, 0.2) is 4.21 Å². The van der Waals surface area contributed by atoms with Crippen molar-refractivity contribution in [2.45, 2.75) is 15.6 Å². The van der Waals surface area contributed by atoms with Crippen molar-refractivity contribution in [1.29, 1.82) is 0 Å². The van der Waals surface area contributed by atoms with Crippen molar-refractivity contribution in [2.24, 2.45) is 0 Å². The number of rotatable bonds is 5. The highest BCUT2D eigenvalue weighted by atomic mass is 35.5. The number of hydrogen-bond acceptors (Lipinski definition) is 6. The Hall–Kier alpha value is -1.58. The van der Waals surface area contributed by atoms with Gasteiger partial charge in [0.1, 0.15) is 10.7 Å². The van der Waals surface area contributed by atoms with Crippen LogP contribution < -0.4 is 5.32 Å². The third-order valence-electron chi connectivity index (χ3n) is 3.33. The molecule has 0 atom stereocenters. The van der Waals surface area contributed by atoms with Gasteiger partial charge in [-0.1, -0.05) is 17.7 Å². The highest BCUT2D eigenvalue weighted by molar-refractivity contribution is 7.93. The summed E-state index contributed by atoms with van der Waals surface area (Å²) in [4.78, 5) is 7.93. The minimum atomic E-state index is -3.91. The summed E-state index contributed by atoms with van der Waals surface area (Å²) in [5, 5.41) is 3.74. The zero-order valence-corrected chi connectivity index (χ0v) is 16.6. The molecule has 1 aromatic carbocycles. The smallest absolute Gasteiger partial charge is 0.222 e. The average molecular weight is 434 g/mol. The van der Waals surface area contributed by atoms with Crippen molar-refractivity contribution in [1.82, 2.24) is 15.3 Å². The normalized spacial score (nSPS) is 11.2. The van der Waals surface area contributed by atoms with Crippen molar-refractivity contribution in [2.75, 3.05) is 7.05 Å². The van der Waals surface area contributed by atoms with E-state index in [0.717, 1.165) is 11.3 Å². The molecule has 0 radical (unpaired) electrons. The van der Waals surface area contributed by atoms with E-state index in [1.54, 1.807) is 19.2 Å². The molecule has 3 rings (SSSR count). The number of aromatic nitrogens is 2. The number of pyridine rings is 1. The van der Waals surface area contributed by atoms with Crippen LogP contribution in [0, 0.1) is 5.95 Å². The van der Waals surface area contributed by atoms with Crippen molar-refractivity contribution < 1.29 is 12.8 Å². The molecular weight excluding hydrogens is 420 g/mol. The van der Waals surface area contributed by atoms with Crippen LogP contribution in [-0.2, 0) is 16.4 Å². The Bertz CT molecular complexity index is 1030. The molecule has 2 heterocycles. The molecule has 0 aliphatic heterocycles. The first-order chi connectivity index (χ1) is 11.9. The molecule has 138 valence electrons. The Morgan fingerprint density at radius 3 is 2.69 bits per heavy atom. The standard InChI is InChI=1S/C16H13ClFN3O2S2.ClH/c1-19-9-13-21-14(12-6-3-7-20-15(12)18)16(24-13)25(22,23)11-5-2-4-10(17)8-11;/h2-8,19H,9H2,1H3;1H. The maximum Gasteiger partial charge on any atom is 0.222 e. The van der Waals surface area contributed by atoms with Gasteiger partial charge in [0, 0.05) is 17.8 Å². The molecule has 0 fully saturated rings. The van der Waals surface area contributed by atoms with E-state index in [4.69, 9.17) is 11.6 Å². The van der Waals surface area contributed by atoms with Crippen LogP contribution in [0.25, 0.3) is 11.3 Å². The molecule has 1 N–H and O–H groups in total. The first kappa shape index (κ1) is 20.7. The topological polar surface area (TPSA) is 72.0 Å². The van der Waals surface area contributed by atoms with E-state index < -0.39 is 15.8 Å². The fourth-order valence-corrected chi connectivity index (χ4v) is 5.49. The van der Waals surface area contributed by atoms with Gasteiger partial charge in [-0.05, 0) is 37.4 Å². The largest absolute Gasteiger partial charge is 0.314 e. The molecule has 5 nitrogen and oxygen atoms in total. The summed E-state index contributed by atoms with van der Waals surface area (Å²) in [6, 6.07) is 8.93. The Morgan fingerprint density at radius 2 is 2.04 bits per heavy atom. The number of nitrogens with one attached hydrogen (secondary N) is 1. The summed E-state index contributed by atoms with van der Waals surface area (Å²) < 4.78 is 40.2. The van der Waals surface area contributed by atoms with E-state index in [-0.39, 0.29) is 32.8 Å². The molecule has 0 unspecified atom stereocenters. The quantitative estimate of drug-likeness (QED) is 0.616. The van der Waals surface area contributed by atoms with Crippen LogP contribution in [-0.4, -0.2) is 25.4 Å². The lowest BCUT2D eigenvalue weighted by molar-refractivity contribution is 0.586. The first-order valence-corrected chi connectivity index (χ1v) is 9.87. The number of sulfone groups is 1. The number of nitrogens with zero attached hydrogens (tertiary/aromatic N) is 2. The van der Waals surface area contributed by atoms with E-state index >= 15 is 0 Å². The van der Waals surface area contributed by atoms with Crippen molar-refractivity contribution >= 4 is 45.2 Å². The van der Waals surface area contributed by atoms with Gasteiger partial charge in [0.25, 0.3) is 0 Å². The molecule has 0 aliphatic carbocycles. The summed E-state index contributed by atoms with van der Waals surface area (Å²) >= 11 is 6.91. The number of benzene rings is 1. The number of hydrogen-bond donors (Lipinski definition) is 1. The lowest BCUT2D eigenvalue weighted by Gasteiger charge is -2.05. The highest BCUT2D eigenvalue weighted by Crippen LogP contribution is 2.37. The molecule has 0 amide bonds. The van der Waals surface area contributed by atoms with Gasteiger partial charge in [-0.15, -0.1) is 23.7 Å². The third kappa shape index (κ3) is 4.05. The van der Waals surface area contributed by atoms with E-state index in [0.29, 0.717) is 16.6 Å². The molecular formula is C16H14Cl2FN3O2S2. The van der Waals surface area contributed by atoms with Crippen LogP contribution in [0.1, 0.15) is 5.01 Å². The van der Waals surface area contributed by atoms with Crippen LogP contribution >= 0.6 is 35.3 Å². The molecule has 0 saturated carbocycles. The Balaban J connectivity index is 0.00000243. The summed E-state index contributed by atoms with van der Waals surface area (Å²) in [7, 11) is -2.19. The molecule has 3 aromatic rings. The zero-order chi connectivity index (χ0) is 18.0. The van der Waals surface area contributed by atoms with Gasteiger partial charge in [-0.3, -0.25) is 0 Å². The fourth-order valence-electron chi connectivity index (χ4n) is 2.23. The van der Waals surface area contributed by atoms with E-state index in [9.17, 15) is 12.8 Å². The van der Waals surface area contributed by atoms with Crippen molar-refractivity contribution in [3.8, 4) is 11.3 Å². The van der Waals surface area contributed by atoms with Gasteiger partial charge >= 0.3 is 0 Å². The molecule has 0 saturated heterocycles. The van der Waals surface area contributed by atoms with Crippen LogP contribution in [0.2, 0.25) is 5.02 Å². The molecule has 10 heteroatoms. The van der Waals surface area contributed by atoms with Gasteiger partial charge < -0.3 is 5.32 Å². The summed E-state index contributed by atoms with van der Waals surface area (Å²) in [6.45, 7) is 0.366. The van der Waals surface area contributed by atoms with E-state index in [1.807, 2.05) is 0 Å². The monoisotopic (exact) mass is 433 g/mol. The second-order valence-electron chi connectivity index (χ2n) is 5.08. The van der Waals surface area contributed by atoms with E-state index in [1.165, 1.54) is 30.5 Å². The Morgan fingerprint density at radius 1 is 1.27 bits per heavy atom. The maximum atomic E-state index is 14.1. The average Bonchev–Trinajstić information content (AvgIpc) is 3.00. The second kappa shape index (κ2) is 8.41. The summed E-state index contributed by atoms with van der Waals surface area (Å²) in [5.74, 6) is -0.772. The van der Waals surface area contributed by atoms with Gasteiger partial charge in [0.05, 0.1) is 10.5 Å². The first-order valence-electron chi connectivity index (χ1n) is 7.19. The van der Waals surface area contributed by atoms with Crippen LogP contribution in [0.5, 0.6) is 0 Å². The second-order valence-corrected chi connectivity index (χ2v) is 8.74. The fraction of sp³-hybridized carbons (Fsp3) is 0.125. The van der Waals surface area contributed by atoms with Crippen LogP contribution in [0.15, 0.2) is 51.7 Å². The summed E-state index contributed by atoms with van der Waals surface area (Å²) in [6.07, 6.45) is 1.30. The summed E-state index contributed by atoms with van der Waals surface area (Å²) in [5.41, 5.74) is 0.0996. The molecule has 0 aliphatic rings. The maximum absolute atomic E-state index is 14.1. The lowest BCUT2D eigenvalue weighted by Crippen LogP contribution is -2.04. The minimum absolute atomic E-state index is 0. The Labute approximate surface area is 165 Å². The van der Waals surface area contributed by atoms with Crippen LogP contribution in [0.3, 0.4) is 0 Å². The van der Waals surface area contributed by atoms with Gasteiger partial charge in [-0.25, -0.2) is 18.4 Å². The highest BCUT2D eigenvalue weighted by Gasteiger charge is 2.28. The third-order valence-corrected chi connectivity index (χ3v) is 6.88. The van der Waals surface area contributed by atoms with Crippen molar-refractivity contribution in [3.05, 3.63) is 58.6 Å². The van der Waals surface area contributed by atoms with E-state index in [2.05, 4.69) is 15.3 Å². The van der Waals surface area contributed by atoms with Gasteiger partial charge in [-0.2, -0.15) is 4.39 Å². The molecule has 26 heavy (non-hydrogen) atoms. The predicted octanol–water partition coefficient (Wildman–Crippen LogP) is 3.97. The minimum Gasteiger partial charge on any atom is -0.314 e.